The number of carbonyl (C=O) groups is 1. The second kappa shape index (κ2) is 8.47. The molecule has 0 spiro atoms. The van der Waals surface area contributed by atoms with Crippen molar-refractivity contribution >= 4 is 33.4 Å². The van der Waals surface area contributed by atoms with Gasteiger partial charge < -0.3 is 5.32 Å². The van der Waals surface area contributed by atoms with E-state index in [0.29, 0.717) is 16.9 Å². The summed E-state index contributed by atoms with van der Waals surface area (Å²) in [5.74, 6) is -0.593. The zero-order valence-electron chi connectivity index (χ0n) is 15.2. The third kappa shape index (κ3) is 6.12. The molecule has 0 aliphatic carbocycles. The second-order valence-corrected chi connectivity index (χ2v) is 7.99. The van der Waals surface area contributed by atoms with Crippen LogP contribution in [0, 0.1) is 6.92 Å². The highest BCUT2D eigenvalue weighted by molar-refractivity contribution is 7.92. The van der Waals surface area contributed by atoms with Crippen molar-refractivity contribution < 1.29 is 26.4 Å². The van der Waals surface area contributed by atoms with Gasteiger partial charge in [-0.3, -0.25) is 9.52 Å². The van der Waals surface area contributed by atoms with Gasteiger partial charge >= 0.3 is 6.18 Å². The lowest BCUT2D eigenvalue weighted by Gasteiger charge is -2.11. The van der Waals surface area contributed by atoms with Crippen molar-refractivity contribution in [1.29, 1.82) is 0 Å². The first kappa shape index (κ1) is 21.5. The number of amides is 1. The predicted octanol–water partition coefficient (Wildman–Crippen LogP) is 4.43. The largest absolute Gasteiger partial charge is 0.416 e. The number of carbonyl (C=O) groups excluding carboxylic acids is 1. The molecule has 0 radical (unpaired) electrons. The Labute approximate surface area is 161 Å². The average molecular weight is 412 g/mol. The molecule has 0 aromatic heterocycles. The van der Waals surface area contributed by atoms with E-state index in [0.717, 1.165) is 18.2 Å². The summed E-state index contributed by atoms with van der Waals surface area (Å²) < 4.78 is 63.8. The molecule has 0 unspecified atom stereocenters. The summed E-state index contributed by atoms with van der Waals surface area (Å²) >= 11 is 0. The Balaban J connectivity index is 2.07. The SMILES string of the molecule is CCS(=O)(=O)Nc1ccc(NC(=O)/C=C/c2cccc(C(F)(F)F)c2)cc1C. The molecule has 2 aromatic carbocycles. The van der Waals surface area contributed by atoms with Crippen LogP contribution in [0.15, 0.2) is 48.5 Å². The predicted molar refractivity (Wildman–Crippen MR) is 103 cm³/mol. The molecule has 0 heterocycles. The number of hydrogen-bond acceptors (Lipinski definition) is 3. The van der Waals surface area contributed by atoms with Gasteiger partial charge in [0.15, 0.2) is 0 Å². The van der Waals surface area contributed by atoms with Crippen molar-refractivity contribution in [2.24, 2.45) is 0 Å². The van der Waals surface area contributed by atoms with Crippen LogP contribution in [0.1, 0.15) is 23.6 Å². The van der Waals surface area contributed by atoms with Gasteiger partial charge in [-0.15, -0.1) is 0 Å². The van der Waals surface area contributed by atoms with Crippen LogP contribution in [-0.4, -0.2) is 20.1 Å². The Kier molecular flexibility index (Phi) is 6.50. The first-order valence-electron chi connectivity index (χ1n) is 8.27. The molecule has 28 heavy (non-hydrogen) atoms. The third-order valence-electron chi connectivity index (χ3n) is 3.78. The normalized spacial score (nSPS) is 12.2. The zero-order valence-corrected chi connectivity index (χ0v) is 16.0. The molecular formula is C19H19F3N2O3S. The van der Waals surface area contributed by atoms with Gasteiger partial charge in [-0.1, -0.05) is 12.1 Å². The van der Waals surface area contributed by atoms with Crippen molar-refractivity contribution in [2.75, 3.05) is 15.8 Å². The smallest absolute Gasteiger partial charge is 0.323 e. The molecule has 0 fully saturated rings. The minimum absolute atomic E-state index is 0.0642. The van der Waals surface area contributed by atoms with E-state index in [-0.39, 0.29) is 11.3 Å². The van der Waals surface area contributed by atoms with Crippen LogP contribution in [0.4, 0.5) is 24.5 Å². The van der Waals surface area contributed by atoms with E-state index in [9.17, 15) is 26.4 Å². The molecule has 0 atom stereocenters. The Morgan fingerprint density at radius 3 is 2.46 bits per heavy atom. The average Bonchev–Trinajstić information content (AvgIpc) is 2.62. The van der Waals surface area contributed by atoms with E-state index in [1.54, 1.807) is 13.0 Å². The van der Waals surface area contributed by atoms with Crippen LogP contribution >= 0.6 is 0 Å². The summed E-state index contributed by atoms with van der Waals surface area (Å²) in [6.45, 7) is 3.20. The summed E-state index contributed by atoms with van der Waals surface area (Å²) in [5.41, 5.74) is 0.882. The standard InChI is InChI=1S/C19H19F3N2O3S/c1-3-28(26,27)24-17-9-8-16(11-13(17)2)23-18(25)10-7-14-5-4-6-15(12-14)19(20,21)22/h4-12,24H,3H2,1-2H3,(H,23,25)/b10-7+. The molecule has 0 bridgehead atoms. The van der Waals surface area contributed by atoms with Crippen LogP contribution < -0.4 is 10.0 Å². The summed E-state index contributed by atoms with van der Waals surface area (Å²) in [6, 6.07) is 9.25. The fourth-order valence-electron chi connectivity index (χ4n) is 2.27. The zero-order chi connectivity index (χ0) is 20.9. The summed E-state index contributed by atoms with van der Waals surface area (Å²) in [5, 5.41) is 2.58. The van der Waals surface area contributed by atoms with E-state index in [1.807, 2.05) is 0 Å². The highest BCUT2D eigenvalue weighted by atomic mass is 32.2. The van der Waals surface area contributed by atoms with Gasteiger partial charge in [-0.25, -0.2) is 8.42 Å². The molecule has 2 N–H and O–H groups in total. The van der Waals surface area contributed by atoms with Gasteiger partial charge in [0.2, 0.25) is 15.9 Å². The topological polar surface area (TPSA) is 75.3 Å². The first-order chi connectivity index (χ1) is 13.0. The monoisotopic (exact) mass is 412 g/mol. The molecule has 150 valence electrons. The van der Waals surface area contributed by atoms with Gasteiger partial charge in [0.1, 0.15) is 0 Å². The van der Waals surface area contributed by atoms with E-state index < -0.39 is 27.7 Å². The maximum absolute atomic E-state index is 12.7. The van der Waals surface area contributed by atoms with E-state index in [1.165, 1.54) is 37.3 Å². The molecule has 0 aliphatic rings. The van der Waals surface area contributed by atoms with E-state index in [2.05, 4.69) is 10.0 Å². The van der Waals surface area contributed by atoms with Gasteiger partial charge in [-0.2, -0.15) is 13.2 Å². The number of benzene rings is 2. The van der Waals surface area contributed by atoms with Gasteiger partial charge in [-0.05, 0) is 61.4 Å². The summed E-state index contributed by atoms with van der Waals surface area (Å²) in [4.78, 5) is 12.0. The lowest BCUT2D eigenvalue weighted by atomic mass is 10.1. The Morgan fingerprint density at radius 2 is 1.86 bits per heavy atom. The van der Waals surface area contributed by atoms with Crippen LogP contribution in [0.3, 0.4) is 0 Å². The number of alkyl halides is 3. The summed E-state index contributed by atoms with van der Waals surface area (Å²) in [6.07, 6.45) is -2.05. The fourth-order valence-corrected chi connectivity index (χ4v) is 2.98. The molecule has 0 aliphatic heterocycles. The van der Waals surface area contributed by atoms with Crippen LogP contribution in [-0.2, 0) is 21.0 Å². The maximum atomic E-state index is 12.7. The molecule has 0 saturated heterocycles. The molecule has 2 rings (SSSR count). The molecule has 1 amide bonds. The maximum Gasteiger partial charge on any atom is 0.416 e. The molecular weight excluding hydrogens is 393 g/mol. The van der Waals surface area contributed by atoms with Crippen LogP contribution in [0.2, 0.25) is 0 Å². The van der Waals surface area contributed by atoms with Crippen molar-refractivity contribution in [3.05, 3.63) is 65.2 Å². The van der Waals surface area contributed by atoms with Gasteiger partial charge in [0.05, 0.1) is 17.0 Å². The second-order valence-electron chi connectivity index (χ2n) is 5.98. The third-order valence-corrected chi connectivity index (χ3v) is 5.07. The quantitative estimate of drug-likeness (QED) is 0.690. The minimum Gasteiger partial charge on any atom is -0.323 e. The minimum atomic E-state index is -4.45. The number of anilines is 2. The van der Waals surface area contributed by atoms with Gasteiger partial charge in [0.25, 0.3) is 0 Å². The van der Waals surface area contributed by atoms with Crippen LogP contribution in [0.5, 0.6) is 0 Å². The number of hydrogen-bond donors (Lipinski definition) is 2. The molecule has 2 aromatic rings. The first-order valence-corrected chi connectivity index (χ1v) is 9.93. The Morgan fingerprint density at radius 1 is 1.14 bits per heavy atom. The lowest BCUT2D eigenvalue weighted by Crippen LogP contribution is -2.15. The van der Waals surface area contributed by atoms with Gasteiger partial charge in [0, 0.05) is 11.8 Å². The highest BCUT2D eigenvalue weighted by Gasteiger charge is 2.30. The Bertz CT molecular complexity index is 1000. The van der Waals surface area contributed by atoms with Crippen molar-refractivity contribution in [3.63, 3.8) is 0 Å². The molecule has 5 nitrogen and oxygen atoms in total. The van der Waals surface area contributed by atoms with Crippen LogP contribution in [0.25, 0.3) is 6.08 Å². The number of aryl methyl sites for hydroxylation is 1. The van der Waals surface area contributed by atoms with Crippen molar-refractivity contribution in [1.82, 2.24) is 0 Å². The number of nitrogens with one attached hydrogen (secondary N) is 2. The Hall–Kier alpha value is -2.81. The summed E-state index contributed by atoms with van der Waals surface area (Å²) in [7, 11) is -3.41. The number of sulfonamides is 1. The molecule has 0 saturated carbocycles. The van der Waals surface area contributed by atoms with Crippen molar-refractivity contribution in [2.45, 2.75) is 20.0 Å². The van der Waals surface area contributed by atoms with Crippen molar-refractivity contribution in [3.8, 4) is 0 Å². The fraction of sp³-hybridized carbons (Fsp3) is 0.211. The lowest BCUT2D eigenvalue weighted by molar-refractivity contribution is -0.137. The van der Waals surface area contributed by atoms with E-state index >= 15 is 0 Å². The highest BCUT2D eigenvalue weighted by Crippen LogP contribution is 2.29. The molecule has 9 heteroatoms. The van der Waals surface area contributed by atoms with E-state index in [4.69, 9.17) is 0 Å². The number of rotatable bonds is 6. The number of halogens is 3.